The van der Waals surface area contributed by atoms with Crippen molar-refractivity contribution in [2.45, 2.75) is 72.3 Å². The molecule has 0 atom stereocenters. The Morgan fingerprint density at radius 2 is 1.77 bits per heavy atom. The van der Waals surface area contributed by atoms with Gasteiger partial charge >= 0.3 is 6.09 Å². The van der Waals surface area contributed by atoms with Gasteiger partial charge in [0.15, 0.2) is 11.5 Å². The van der Waals surface area contributed by atoms with Crippen LogP contribution in [-0.2, 0) is 4.74 Å². The van der Waals surface area contributed by atoms with Gasteiger partial charge in [-0.2, -0.15) is 0 Å². The minimum atomic E-state index is -0.505. The van der Waals surface area contributed by atoms with Crippen LogP contribution in [0, 0.1) is 11.7 Å². The monoisotopic (exact) mass is 675 g/mol. The lowest BCUT2D eigenvalue weighted by molar-refractivity contribution is 0.0164. The molecular weight excluding hydrogens is 629 g/mol. The zero-order chi connectivity index (χ0) is 32.1. The molecule has 2 aliphatic rings. The van der Waals surface area contributed by atoms with Crippen LogP contribution in [0.1, 0.15) is 66.7 Å². The third-order valence-corrected chi connectivity index (χ3v) is 7.55. The van der Waals surface area contributed by atoms with Gasteiger partial charge in [0.25, 0.3) is 0 Å². The molecule has 2 saturated heterocycles. The van der Waals surface area contributed by atoms with E-state index in [1.165, 1.54) is 44.7 Å². The van der Waals surface area contributed by atoms with Crippen molar-refractivity contribution >= 4 is 44.4 Å². The molecule has 2 N–H and O–H groups in total. The van der Waals surface area contributed by atoms with Crippen molar-refractivity contribution in [3.05, 3.63) is 46.9 Å². The standard InChI is InChI=1S/C26H30BrFN4O4.C5H11N.C2H6/c1-26(2,3)36-25(33)32-9-7-16(8-10-32)14-35-23-13-21-18(12-22(23)34-4)24(30-15-29-21)31-20-6-5-17(27)11-19(20)28;1-2-4-6-5-3-1;1-2/h5-6,11-13,15-16H,7-10,14H2,1-4H3,(H,29,30,31);6H,1-5H2;1-2H3. The van der Waals surface area contributed by atoms with Crippen molar-refractivity contribution in [2.24, 2.45) is 5.92 Å². The van der Waals surface area contributed by atoms with Gasteiger partial charge in [0.2, 0.25) is 0 Å². The molecule has 5 rings (SSSR count). The fraction of sp³-hybridized carbons (Fsp3) is 0.545. The molecule has 0 unspecified atom stereocenters. The van der Waals surface area contributed by atoms with Gasteiger partial charge in [0, 0.05) is 29.0 Å². The third-order valence-electron chi connectivity index (χ3n) is 7.05. The summed E-state index contributed by atoms with van der Waals surface area (Å²) >= 11 is 3.26. The highest BCUT2D eigenvalue weighted by Gasteiger charge is 2.27. The number of methoxy groups -OCH3 is 1. The first-order chi connectivity index (χ1) is 21.1. The number of carbonyl (C=O) groups excluding carboxylic acids is 1. The summed E-state index contributed by atoms with van der Waals surface area (Å²) in [6.45, 7) is 13.9. The topological polar surface area (TPSA) is 97.8 Å². The quantitative estimate of drug-likeness (QED) is 0.271. The summed E-state index contributed by atoms with van der Waals surface area (Å²) in [5.41, 5.74) is 0.436. The average Bonchev–Trinajstić information content (AvgIpc) is 3.02. The Balaban J connectivity index is 0.000000582. The summed E-state index contributed by atoms with van der Waals surface area (Å²) in [5.74, 6) is 1.45. The first kappa shape index (κ1) is 35.3. The maximum Gasteiger partial charge on any atom is 0.410 e. The molecule has 3 heterocycles. The van der Waals surface area contributed by atoms with Crippen LogP contribution < -0.4 is 20.1 Å². The van der Waals surface area contributed by atoms with Crippen molar-refractivity contribution < 1.29 is 23.4 Å². The Hall–Kier alpha value is -3.18. The maximum absolute atomic E-state index is 14.4. The molecule has 0 radical (unpaired) electrons. The molecule has 0 saturated carbocycles. The van der Waals surface area contributed by atoms with E-state index in [1.807, 2.05) is 34.6 Å². The minimum absolute atomic E-state index is 0.273. The molecule has 0 aliphatic carbocycles. The molecule has 2 aromatic carbocycles. The predicted molar refractivity (Wildman–Crippen MR) is 178 cm³/mol. The van der Waals surface area contributed by atoms with E-state index in [-0.39, 0.29) is 6.09 Å². The molecule has 44 heavy (non-hydrogen) atoms. The number of piperidine rings is 2. The second kappa shape index (κ2) is 17.3. The molecule has 11 heteroatoms. The van der Waals surface area contributed by atoms with E-state index >= 15 is 0 Å². The largest absolute Gasteiger partial charge is 0.493 e. The van der Waals surface area contributed by atoms with Crippen LogP contribution in [0.5, 0.6) is 11.5 Å². The van der Waals surface area contributed by atoms with Gasteiger partial charge in [-0.25, -0.2) is 19.2 Å². The number of hydrogen-bond acceptors (Lipinski definition) is 8. The van der Waals surface area contributed by atoms with Crippen LogP contribution in [0.3, 0.4) is 0 Å². The number of hydrogen-bond donors (Lipinski definition) is 2. The van der Waals surface area contributed by atoms with E-state index in [0.29, 0.717) is 64.0 Å². The number of rotatable bonds is 6. The summed E-state index contributed by atoms with van der Waals surface area (Å²) in [6, 6.07) is 8.36. The molecule has 0 bridgehead atoms. The Morgan fingerprint density at radius 3 is 2.34 bits per heavy atom. The van der Waals surface area contributed by atoms with Gasteiger partial charge in [-0.3, -0.25) is 0 Å². The number of anilines is 2. The van der Waals surface area contributed by atoms with Crippen molar-refractivity contribution in [3.8, 4) is 11.5 Å². The molecule has 242 valence electrons. The van der Waals surface area contributed by atoms with E-state index in [1.54, 1.807) is 36.3 Å². The van der Waals surface area contributed by atoms with E-state index in [9.17, 15) is 9.18 Å². The Kier molecular flexibility index (Phi) is 13.9. The number of fused-ring (bicyclic) bond motifs is 1. The van der Waals surface area contributed by atoms with E-state index in [0.717, 1.165) is 12.8 Å². The van der Waals surface area contributed by atoms with Crippen molar-refractivity contribution in [3.63, 3.8) is 0 Å². The minimum Gasteiger partial charge on any atom is -0.493 e. The smallest absolute Gasteiger partial charge is 0.410 e. The molecule has 0 spiro atoms. The summed E-state index contributed by atoms with van der Waals surface area (Å²) in [4.78, 5) is 22.7. The number of ether oxygens (including phenoxy) is 3. The number of carbonyl (C=O) groups is 1. The zero-order valence-corrected chi connectivity index (χ0v) is 28.4. The average molecular weight is 677 g/mol. The highest BCUT2D eigenvalue weighted by molar-refractivity contribution is 9.10. The van der Waals surface area contributed by atoms with Gasteiger partial charge in [-0.1, -0.05) is 36.2 Å². The number of nitrogens with one attached hydrogen (secondary N) is 2. The Morgan fingerprint density at radius 1 is 1.07 bits per heavy atom. The van der Waals surface area contributed by atoms with Gasteiger partial charge < -0.3 is 29.7 Å². The van der Waals surface area contributed by atoms with Crippen LogP contribution in [0.25, 0.3) is 10.9 Å². The predicted octanol–water partition coefficient (Wildman–Crippen LogP) is 8.10. The number of amides is 1. The van der Waals surface area contributed by atoms with Gasteiger partial charge in [0.1, 0.15) is 23.6 Å². The first-order valence-electron chi connectivity index (χ1n) is 15.5. The molecule has 1 amide bonds. The fourth-order valence-corrected chi connectivity index (χ4v) is 5.11. The molecule has 3 aromatic rings. The molecule has 9 nitrogen and oxygen atoms in total. The van der Waals surface area contributed by atoms with Gasteiger partial charge in [0.05, 0.1) is 24.9 Å². The molecule has 2 fully saturated rings. The van der Waals surface area contributed by atoms with Crippen LogP contribution >= 0.6 is 15.9 Å². The van der Waals surface area contributed by atoms with Gasteiger partial charge in [-0.15, -0.1) is 0 Å². The van der Waals surface area contributed by atoms with E-state index in [2.05, 4.69) is 36.5 Å². The fourth-order valence-electron chi connectivity index (χ4n) is 4.77. The maximum atomic E-state index is 14.4. The SMILES string of the molecule is C1CCNCC1.CC.COc1cc2c(Nc3ccc(Br)cc3F)ncnc2cc1OCC1CCN(C(=O)OC(C)(C)C)CC1. The summed E-state index contributed by atoms with van der Waals surface area (Å²) in [6.07, 6.45) is 7.01. The molecular formula is C33H47BrFN5O4. The lowest BCUT2D eigenvalue weighted by Crippen LogP contribution is -2.42. The highest BCUT2D eigenvalue weighted by atomic mass is 79.9. The number of halogens is 2. The van der Waals surface area contributed by atoms with E-state index < -0.39 is 11.4 Å². The zero-order valence-electron chi connectivity index (χ0n) is 26.8. The van der Waals surface area contributed by atoms with Crippen LogP contribution in [0.15, 0.2) is 41.1 Å². The number of benzene rings is 2. The first-order valence-corrected chi connectivity index (χ1v) is 16.3. The van der Waals surface area contributed by atoms with Crippen LogP contribution in [0.2, 0.25) is 0 Å². The Bertz CT molecular complexity index is 1330. The van der Waals surface area contributed by atoms with Crippen LogP contribution in [-0.4, -0.2) is 66.5 Å². The lowest BCUT2D eigenvalue weighted by Gasteiger charge is -2.33. The molecule has 1 aromatic heterocycles. The summed E-state index contributed by atoms with van der Waals surface area (Å²) in [7, 11) is 1.57. The second-order valence-electron chi connectivity index (χ2n) is 11.5. The van der Waals surface area contributed by atoms with Crippen molar-refractivity contribution in [1.82, 2.24) is 20.2 Å². The van der Waals surface area contributed by atoms with Crippen LogP contribution in [0.4, 0.5) is 20.7 Å². The highest BCUT2D eigenvalue weighted by Crippen LogP contribution is 2.36. The molecule has 2 aliphatic heterocycles. The lowest BCUT2D eigenvalue weighted by atomic mass is 9.98. The summed E-state index contributed by atoms with van der Waals surface area (Å²) < 4.78 is 32.2. The second-order valence-corrected chi connectivity index (χ2v) is 12.4. The van der Waals surface area contributed by atoms with Gasteiger partial charge in [-0.05, 0) is 89.7 Å². The number of nitrogens with zero attached hydrogens (tertiary/aromatic N) is 3. The number of aromatic nitrogens is 2. The normalized spacial score (nSPS) is 15.3. The third kappa shape index (κ3) is 10.8. The summed E-state index contributed by atoms with van der Waals surface area (Å²) in [5, 5.41) is 7.00. The van der Waals surface area contributed by atoms with Crippen molar-refractivity contribution in [2.75, 3.05) is 45.2 Å². The van der Waals surface area contributed by atoms with Crippen molar-refractivity contribution in [1.29, 1.82) is 0 Å². The Labute approximate surface area is 269 Å². The van der Waals surface area contributed by atoms with E-state index in [4.69, 9.17) is 14.2 Å². The number of likely N-dealkylation sites (tertiary alicyclic amines) is 1.